The predicted molar refractivity (Wildman–Crippen MR) is 50.8 cm³/mol. The molecule has 5 nitrogen and oxygen atoms in total. The molecule has 0 spiro atoms. The van der Waals surface area contributed by atoms with Gasteiger partial charge in [0.15, 0.2) is 12.2 Å². The van der Waals surface area contributed by atoms with Crippen LogP contribution >= 0.6 is 0 Å². The maximum absolute atomic E-state index is 12.0. The van der Waals surface area contributed by atoms with Crippen LogP contribution in [0.1, 0.15) is 32.1 Å². The second-order valence-electron chi connectivity index (χ2n) is 3.32. The van der Waals surface area contributed by atoms with E-state index in [1.807, 2.05) is 6.92 Å². The number of rotatable bonds is 4. The molecule has 1 aromatic rings. The quantitative estimate of drug-likeness (QED) is 0.622. The summed E-state index contributed by atoms with van der Waals surface area (Å²) in [6.07, 6.45) is 1.37. The van der Waals surface area contributed by atoms with Crippen molar-refractivity contribution in [1.82, 2.24) is 4.98 Å². The van der Waals surface area contributed by atoms with E-state index in [-0.39, 0.29) is 11.8 Å². The van der Waals surface area contributed by atoms with Gasteiger partial charge in [0.1, 0.15) is 0 Å². The highest BCUT2D eigenvalue weighted by Gasteiger charge is 2.49. The predicted octanol–water partition coefficient (Wildman–Crippen LogP) is 2.42. The summed E-state index contributed by atoms with van der Waals surface area (Å²) >= 11 is 0. The summed E-state index contributed by atoms with van der Waals surface area (Å²) in [5, 5.41) is 0. The highest BCUT2D eigenvalue weighted by Crippen LogP contribution is 2.28. The minimum atomic E-state index is -5.69. The summed E-state index contributed by atoms with van der Waals surface area (Å²) in [7, 11) is -5.69. The van der Waals surface area contributed by atoms with Crippen molar-refractivity contribution < 1.29 is 30.2 Å². The molecule has 0 bridgehead atoms. The summed E-state index contributed by atoms with van der Waals surface area (Å²) in [6, 6.07) is 0. The number of aromatic nitrogens is 1. The lowest BCUT2D eigenvalue weighted by Gasteiger charge is -2.06. The molecule has 0 fully saturated rings. The third kappa shape index (κ3) is 3.11. The summed E-state index contributed by atoms with van der Waals surface area (Å²) in [4.78, 5) is 3.51. The summed E-state index contributed by atoms with van der Waals surface area (Å²) in [5.74, 6) is -0.738. The number of hydrogen-bond acceptors (Lipinski definition) is 5. The van der Waals surface area contributed by atoms with E-state index in [0.29, 0.717) is 6.42 Å². The smallest absolute Gasteiger partial charge is 0.445 e. The number of oxazole rings is 1. The standard InChI is InChI=1S/C8H10F3NO4S/c1-3-5(2)7-12-6(4-15-7)16-17(13,14)8(9,10)11/h4-5H,3H2,1-2H3. The van der Waals surface area contributed by atoms with E-state index < -0.39 is 21.5 Å². The Kier molecular flexibility index (Phi) is 3.70. The second-order valence-corrected chi connectivity index (χ2v) is 4.85. The Hall–Kier alpha value is -1.25. The van der Waals surface area contributed by atoms with Gasteiger partial charge in [-0.3, -0.25) is 0 Å². The lowest BCUT2D eigenvalue weighted by molar-refractivity contribution is -0.0501. The molecule has 9 heteroatoms. The topological polar surface area (TPSA) is 69.4 Å². The van der Waals surface area contributed by atoms with E-state index in [0.717, 1.165) is 6.26 Å². The molecule has 0 radical (unpaired) electrons. The van der Waals surface area contributed by atoms with Gasteiger partial charge in [-0.1, -0.05) is 13.8 Å². The molecule has 0 saturated heterocycles. The van der Waals surface area contributed by atoms with Crippen molar-refractivity contribution in [3.8, 4) is 5.88 Å². The largest absolute Gasteiger partial charge is 0.534 e. The first kappa shape index (κ1) is 13.8. The van der Waals surface area contributed by atoms with Gasteiger partial charge in [-0.05, 0) is 6.42 Å². The van der Waals surface area contributed by atoms with Crippen molar-refractivity contribution in [2.75, 3.05) is 0 Å². The molecular weight excluding hydrogens is 263 g/mol. The lowest BCUT2D eigenvalue weighted by atomic mass is 10.1. The first-order chi connectivity index (χ1) is 7.67. The van der Waals surface area contributed by atoms with Gasteiger partial charge in [-0.2, -0.15) is 26.6 Å². The molecule has 0 saturated carbocycles. The minimum absolute atomic E-state index is 0.125. The molecule has 1 unspecified atom stereocenters. The Morgan fingerprint density at radius 1 is 1.53 bits per heavy atom. The fourth-order valence-corrected chi connectivity index (χ4v) is 1.27. The van der Waals surface area contributed by atoms with Gasteiger partial charge < -0.3 is 8.60 Å². The van der Waals surface area contributed by atoms with Gasteiger partial charge in [-0.15, -0.1) is 0 Å². The zero-order valence-corrected chi connectivity index (χ0v) is 9.80. The van der Waals surface area contributed by atoms with Gasteiger partial charge >= 0.3 is 15.6 Å². The Labute approximate surface area is 95.7 Å². The van der Waals surface area contributed by atoms with Crippen LogP contribution in [0.15, 0.2) is 10.7 Å². The van der Waals surface area contributed by atoms with Crippen LogP contribution in [0.5, 0.6) is 5.88 Å². The number of alkyl halides is 3. The average molecular weight is 273 g/mol. The first-order valence-corrected chi connectivity index (χ1v) is 6.04. The molecule has 17 heavy (non-hydrogen) atoms. The molecule has 1 rings (SSSR count). The fourth-order valence-electron chi connectivity index (χ4n) is 0.871. The molecular formula is C8H10F3NO4S. The van der Waals surface area contributed by atoms with Crippen molar-refractivity contribution in [1.29, 1.82) is 0 Å². The van der Waals surface area contributed by atoms with Crippen LogP contribution < -0.4 is 4.18 Å². The van der Waals surface area contributed by atoms with Gasteiger partial charge in [0, 0.05) is 5.92 Å². The average Bonchev–Trinajstić information content (AvgIpc) is 2.62. The Balaban J connectivity index is 2.88. The number of hydrogen-bond donors (Lipinski definition) is 0. The van der Waals surface area contributed by atoms with E-state index >= 15 is 0 Å². The molecule has 0 N–H and O–H groups in total. The normalized spacial score (nSPS) is 14.6. The third-order valence-electron chi connectivity index (χ3n) is 2.01. The molecule has 0 amide bonds. The Morgan fingerprint density at radius 2 is 2.12 bits per heavy atom. The molecule has 1 atom stereocenters. The van der Waals surface area contributed by atoms with Gasteiger partial charge in [0.05, 0.1) is 0 Å². The third-order valence-corrected chi connectivity index (χ3v) is 2.97. The molecule has 0 aliphatic heterocycles. The summed E-state index contributed by atoms with van der Waals surface area (Å²) in [5.41, 5.74) is -5.48. The van der Waals surface area contributed by atoms with Crippen LogP contribution in [-0.2, 0) is 10.1 Å². The van der Waals surface area contributed by atoms with Gasteiger partial charge in [-0.25, -0.2) is 0 Å². The van der Waals surface area contributed by atoms with Gasteiger partial charge in [0.2, 0.25) is 0 Å². The van der Waals surface area contributed by atoms with E-state index in [1.54, 1.807) is 6.92 Å². The monoisotopic (exact) mass is 273 g/mol. The lowest BCUT2D eigenvalue weighted by Crippen LogP contribution is -2.28. The minimum Gasteiger partial charge on any atom is -0.445 e. The van der Waals surface area contributed by atoms with Crippen LogP contribution in [0, 0.1) is 0 Å². The van der Waals surface area contributed by atoms with Crippen molar-refractivity contribution >= 4 is 10.1 Å². The maximum atomic E-state index is 12.0. The zero-order chi connectivity index (χ0) is 13.3. The van der Waals surface area contributed by atoms with E-state index in [1.165, 1.54) is 0 Å². The van der Waals surface area contributed by atoms with Crippen molar-refractivity contribution in [3.05, 3.63) is 12.2 Å². The molecule has 0 aromatic carbocycles. The van der Waals surface area contributed by atoms with Gasteiger partial charge in [0.25, 0.3) is 5.88 Å². The molecule has 1 heterocycles. The van der Waals surface area contributed by atoms with Crippen LogP contribution in [0.3, 0.4) is 0 Å². The van der Waals surface area contributed by atoms with Crippen molar-refractivity contribution in [2.45, 2.75) is 31.7 Å². The summed E-state index contributed by atoms with van der Waals surface area (Å²) in [6.45, 7) is 3.55. The van der Waals surface area contributed by atoms with Crippen LogP contribution in [0.2, 0.25) is 0 Å². The molecule has 98 valence electrons. The van der Waals surface area contributed by atoms with Crippen LogP contribution in [0.4, 0.5) is 13.2 Å². The Bertz CT molecular complexity index is 479. The highest BCUT2D eigenvalue weighted by atomic mass is 32.2. The van der Waals surface area contributed by atoms with Crippen LogP contribution in [-0.4, -0.2) is 18.9 Å². The Morgan fingerprint density at radius 3 is 2.59 bits per heavy atom. The highest BCUT2D eigenvalue weighted by molar-refractivity contribution is 7.87. The number of halogens is 3. The summed E-state index contributed by atoms with van der Waals surface area (Å²) < 4.78 is 65.8. The van der Waals surface area contributed by atoms with Crippen molar-refractivity contribution in [3.63, 3.8) is 0 Å². The zero-order valence-electron chi connectivity index (χ0n) is 8.98. The van der Waals surface area contributed by atoms with E-state index in [4.69, 9.17) is 4.42 Å². The van der Waals surface area contributed by atoms with E-state index in [2.05, 4.69) is 9.17 Å². The molecule has 1 aromatic heterocycles. The maximum Gasteiger partial charge on any atom is 0.534 e. The van der Waals surface area contributed by atoms with Crippen LogP contribution in [0.25, 0.3) is 0 Å². The molecule has 0 aliphatic carbocycles. The number of nitrogens with zero attached hydrogens (tertiary/aromatic N) is 1. The molecule has 0 aliphatic rings. The first-order valence-electron chi connectivity index (χ1n) is 4.63. The second kappa shape index (κ2) is 4.55. The SMILES string of the molecule is CCC(C)c1nc(OS(=O)(=O)C(F)(F)F)co1. The van der Waals surface area contributed by atoms with E-state index in [9.17, 15) is 21.6 Å². The fraction of sp³-hybridized carbons (Fsp3) is 0.625. The van der Waals surface area contributed by atoms with Crippen molar-refractivity contribution in [2.24, 2.45) is 0 Å².